The molecule has 0 atom stereocenters. The van der Waals surface area contributed by atoms with Gasteiger partial charge in [-0.25, -0.2) is 0 Å². The first-order chi connectivity index (χ1) is 15.6. The van der Waals surface area contributed by atoms with Gasteiger partial charge in [0.1, 0.15) is 5.75 Å². The van der Waals surface area contributed by atoms with Crippen molar-refractivity contribution in [2.24, 2.45) is 0 Å². The van der Waals surface area contributed by atoms with Gasteiger partial charge in [-0.2, -0.15) is 0 Å². The van der Waals surface area contributed by atoms with Crippen LogP contribution in [0.25, 0.3) is 27.2 Å². The summed E-state index contributed by atoms with van der Waals surface area (Å²) in [4.78, 5) is 31.0. The van der Waals surface area contributed by atoms with Gasteiger partial charge in [0.05, 0.1) is 28.4 Å². The van der Waals surface area contributed by atoms with Crippen LogP contribution in [0.15, 0.2) is 75.1 Å². The summed E-state index contributed by atoms with van der Waals surface area (Å²) in [5.41, 5.74) is 2.56. The summed E-state index contributed by atoms with van der Waals surface area (Å²) in [5.74, 6) is 0.440. The highest BCUT2D eigenvalue weighted by Crippen LogP contribution is 2.28. The first-order valence-electron chi connectivity index (χ1n) is 10.3. The van der Waals surface area contributed by atoms with Crippen molar-refractivity contribution in [2.75, 3.05) is 13.2 Å². The third-order valence-corrected chi connectivity index (χ3v) is 6.03. The van der Waals surface area contributed by atoms with Gasteiger partial charge < -0.3 is 14.2 Å². The molecule has 1 N–H and O–H groups in total. The lowest BCUT2D eigenvalue weighted by molar-refractivity contribution is 0.234. The third kappa shape index (κ3) is 3.53. The quantitative estimate of drug-likeness (QED) is 0.221. The van der Waals surface area contributed by atoms with E-state index in [0.29, 0.717) is 52.4 Å². The topological polar surface area (TPSA) is 80.9 Å². The number of benzene rings is 2. The molecule has 6 nitrogen and oxygen atoms in total. The van der Waals surface area contributed by atoms with Crippen molar-refractivity contribution in [3.63, 3.8) is 0 Å². The fourth-order valence-electron chi connectivity index (χ4n) is 4.09. The predicted molar refractivity (Wildman–Crippen MR) is 128 cm³/mol. The zero-order chi connectivity index (χ0) is 22.2. The van der Waals surface area contributed by atoms with Gasteiger partial charge >= 0.3 is 0 Å². The molecule has 0 aliphatic heterocycles. The molecular formula is C25H19BrN2O4. The van der Waals surface area contributed by atoms with Crippen LogP contribution in [0.2, 0.25) is 0 Å². The molecule has 32 heavy (non-hydrogen) atoms. The fraction of sp³-hybridized carbons (Fsp3) is 0.160. The number of ether oxygens (including phenoxy) is 1. The number of nitrogens with zero attached hydrogens (tertiary/aromatic N) is 2. The molecule has 2 aromatic carbocycles. The number of fused-ring (bicyclic) bond motifs is 2. The molecule has 0 saturated heterocycles. The Hall–Kier alpha value is -3.29. The van der Waals surface area contributed by atoms with Crippen LogP contribution in [0.3, 0.4) is 0 Å². The van der Waals surface area contributed by atoms with Crippen LogP contribution < -0.4 is 15.6 Å². The fourth-order valence-corrected chi connectivity index (χ4v) is 4.45. The maximum atomic E-state index is 13.5. The van der Waals surface area contributed by atoms with E-state index in [0.717, 1.165) is 15.6 Å². The largest absolute Gasteiger partial charge is 0.493 e. The highest BCUT2D eigenvalue weighted by molar-refractivity contribution is 9.10. The van der Waals surface area contributed by atoms with Crippen LogP contribution in [0, 0.1) is 0 Å². The maximum Gasteiger partial charge on any atom is 0.197 e. The Morgan fingerprint density at radius 1 is 1.03 bits per heavy atom. The average Bonchev–Trinajstić information content (AvgIpc) is 2.80. The molecule has 0 unspecified atom stereocenters. The molecule has 0 saturated carbocycles. The number of aromatic nitrogens is 2. The van der Waals surface area contributed by atoms with Gasteiger partial charge in [-0.15, -0.1) is 0 Å². The Kier molecular flexibility index (Phi) is 5.36. The van der Waals surface area contributed by atoms with Gasteiger partial charge in [0.15, 0.2) is 10.9 Å². The number of aliphatic hydroxyl groups excluding tert-OH is 1. The van der Waals surface area contributed by atoms with Crippen LogP contribution in [-0.4, -0.2) is 27.7 Å². The zero-order valence-corrected chi connectivity index (χ0v) is 18.6. The van der Waals surface area contributed by atoms with E-state index < -0.39 is 0 Å². The Morgan fingerprint density at radius 3 is 2.59 bits per heavy atom. The normalized spacial score (nSPS) is 11.6. The van der Waals surface area contributed by atoms with Gasteiger partial charge in [0.25, 0.3) is 0 Å². The van der Waals surface area contributed by atoms with Crippen molar-refractivity contribution < 1.29 is 9.84 Å². The summed E-state index contributed by atoms with van der Waals surface area (Å²) in [5, 5.41) is 10.5. The molecule has 0 fully saturated rings. The molecule has 5 rings (SSSR count). The Morgan fingerprint density at radius 2 is 1.84 bits per heavy atom. The van der Waals surface area contributed by atoms with Crippen molar-refractivity contribution in [2.45, 2.75) is 12.8 Å². The summed E-state index contributed by atoms with van der Waals surface area (Å²) in [7, 11) is 0. The average molecular weight is 491 g/mol. The lowest BCUT2D eigenvalue weighted by Crippen LogP contribution is -2.17. The van der Waals surface area contributed by atoms with Gasteiger partial charge in [-0.1, -0.05) is 22.0 Å². The number of pyridine rings is 3. The van der Waals surface area contributed by atoms with Crippen LogP contribution >= 0.6 is 15.9 Å². The summed E-state index contributed by atoms with van der Waals surface area (Å²) >= 11 is 3.45. The van der Waals surface area contributed by atoms with Crippen LogP contribution in [0.5, 0.6) is 5.75 Å². The van der Waals surface area contributed by atoms with Crippen molar-refractivity contribution >= 4 is 43.1 Å². The molecule has 0 amide bonds. The molecule has 3 heterocycles. The van der Waals surface area contributed by atoms with E-state index in [9.17, 15) is 9.59 Å². The highest BCUT2D eigenvalue weighted by atomic mass is 79.9. The Balaban J connectivity index is 1.85. The van der Waals surface area contributed by atoms with Crippen LogP contribution in [0.4, 0.5) is 0 Å². The number of hydrogen-bond donors (Lipinski definition) is 1. The molecule has 5 aromatic rings. The van der Waals surface area contributed by atoms with E-state index >= 15 is 0 Å². The summed E-state index contributed by atoms with van der Waals surface area (Å²) < 4.78 is 8.49. The predicted octanol–water partition coefficient (Wildman–Crippen LogP) is 3.91. The second kappa shape index (κ2) is 8.33. The summed E-state index contributed by atoms with van der Waals surface area (Å²) in [6.07, 6.45) is 6.15. The van der Waals surface area contributed by atoms with Gasteiger partial charge in [0, 0.05) is 53.5 Å². The van der Waals surface area contributed by atoms with Crippen LogP contribution in [-0.2, 0) is 6.42 Å². The second-order valence-electron chi connectivity index (χ2n) is 7.67. The smallest absolute Gasteiger partial charge is 0.197 e. The lowest BCUT2D eigenvalue weighted by Gasteiger charge is -2.15. The minimum atomic E-state index is -0.154. The molecule has 0 bridgehead atoms. The van der Waals surface area contributed by atoms with E-state index in [4.69, 9.17) is 9.84 Å². The summed E-state index contributed by atoms with van der Waals surface area (Å²) in [6, 6.07) is 12.7. The molecule has 160 valence electrons. The first-order valence-corrected chi connectivity index (χ1v) is 11.1. The van der Waals surface area contributed by atoms with E-state index in [2.05, 4.69) is 20.9 Å². The number of hydrogen-bond acceptors (Lipinski definition) is 5. The van der Waals surface area contributed by atoms with Crippen molar-refractivity contribution in [1.82, 2.24) is 9.38 Å². The SMILES string of the molecule is O=c1c(Cc2cccnc2)cn2c3ccc(Br)cc3c(=O)c3cc(OCCCO)cc1c32. The van der Waals surface area contributed by atoms with E-state index in [1.54, 1.807) is 30.6 Å². The minimum absolute atomic E-state index is 0.00281. The first kappa shape index (κ1) is 20.6. The standard InChI is InChI=1S/C25H19BrN2O4/c26-17-4-5-22-19(10-17)25(31)21-12-18(32-8-2-7-29)11-20-23(21)28(22)14-16(24(20)30)9-15-3-1-6-27-13-15/h1,3-6,10-14,29H,2,7-9H2. The molecular weight excluding hydrogens is 472 g/mol. The number of rotatable bonds is 6. The molecule has 0 spiro atoms. The monoisotopic (exact) mass is 490 g/mol. The van der Waals surface area contributed by atoms with Gasteiger partial charge in [-0.05, 0) is 42.0 Å². The molecule has 0 radical (unpaired) electrons. The lowest BCUT2D eigenvalue weighted by atomic mass is 10.0. The molecule has 7 heteroatoms. The Bertz CT molecular complexity index is 1560. The number of aliphatic hydroxyl groups is 1. The van der Waals surface area contributed by atoms with Crippen molar-refractivity contribution in [3.8, 4) is 5.75 Å². The molecule has 0 aliphatic rings. The van der Waals surface area contributed by atoms with Crippen LogP contribution in [0.1, 0.15) is 17.5 Å². The van der Waals surface area contributed by atoms with E-state index in [-0.39, 0.29) is 17.5 Å². The summed E-state index contributed by atoms with van der Waals surface area (Å²) in [6.45, 7) is 0.296. The van der Waals surface area contributed by atoms with E-state index in [1.165, 1.54) is 0 Å². The maximum absolute atomic E-state index is 13.5. The Labute approximate surface area is 191 Å². The third-order valence-electron chi connectivity index (χ3n) is 5.54. The van der Waals surface area contributed by atoms with Gasteiger partial charge in [-0.3, -0.25) is 14.6 Å². The molecule has 3 aromatic heterocycles. The minimum Gasteiger partial charge on any atom is -0.493 e. The van der Waals surface area contributed by atoms with Crippen molar-refractivity contribution in [1.29, 1.82) is 0 Å². The molecule has 0 aliphatic carbocycles. The van der Waals surface area contributed by atoms with Crippen molar-refractivity contribution in [3.05, 3.63) is 97.1 Å². The van der Waals surface area contributed by atoms with E-state index in [1.807, 2.05) is 34.9 Å². The van der Waals surface area contributed by atoms with Gasteiger partial charge in [0.2, 0.25) is 0 Å². The second-order valence-corrected chi connectivity index (χ2v) is 8.59. The highest BCUT2D eigenvalue weighted by Gasteiger charge is 2.18. The number of halogens is 1. The zero-order valence-electron chi connectivity index (χ0n) is 17.0.